The normalized spacial score (nSPS) is 14.1. The van der Waals surface area contributed by atoms with Crippen molar-refractivity contribution in [2.24, 2.45) is 0 Å². The molecule has 1 aliphatic rings. The minimum atomic E-state index is -1.05. The molecular weight excluding hydrogens is 352 g/mol. The molecule has 1 aromatic heterocycles. The highest BCUT2D eigenvalue weighted by molar-refractivity contribution is 7.99. The highest BCUT2D eigenvalue weighted by Gasteiger charge is 2.30. The monoisotopic (exact) mass is 368 g/mol. The minimum absolute atomic E-state index is 0.00645. The number of ether oxygens (including phenoxy) is 1. The van der Waals surface area contributed by atoms with Gasteiger partial charge in [0.25, 0.3) is 5.91 Å². The molecule has 0 spiro atoms. The maximum atomic E-state index is 12.5. The molecule has 1 fully saturated rings. The molecule has 0 bridgehead atoms. The number of hydrogen-bond acceptors (Lipinski definition) is 7. The molecule has 0 aliphatic heterocycles. The highest BCUT2D eigenvalue weighted by Crippen LogP contribution is 2.24. The number of thioether (sulfide) groups is 1. The predicted octanol–water partition coefficient (Wildman–Crippen LogP) is 2.00. The number of nitrogens with zero attached hydrogens (tertiary/aromatic N) is 3. The number of carbonyl (C=O) groups excluding carboxylic acids is 2. The number of hydrogen-bond donors (Lipinski definition) is 1. The Morgan fingerprint density at radius 2 is 1.96 bits per heavy atom. The lowest BCUT2D eigenvalue weighted by molar-refractivity contribution is -0.154. The molecule has 1 aliphatic carbocycles. The van der Waals surface area contributed by atoms with Crippen molar-refractivity contribution in [3.05, 3.63) is 53.9 Å². The van der Waals surface area contributed by atoms with Gasteiger partial charge in [-0.05, 0) is 31.0 Å². The van der Waals surface area contributed by atoms with Crippen molar-refractivity contribution in [3.8, 4) is 6.07 Å². The summed E-state index contributed by atoms with van der Waals surface area (Å²) in [5.74, 6) is -0.901. The Morgan fingerprint density at radius 1 is 1.27 bits per heavy atom. The topological polar surface area (TPSA) is 105 Å². The first-order valence-corrected chi connectivity index (χ1v) is 9.04. The van der Waals surface area contributed by atoms with Crippen LogP contribution < -0.4 is 5.32 Å². The molecule has 1 heterocycles. The Hall–Kier alpha value is -2.92. The maximum Gasteiger partial charge on any atom is 0.317 e. The number of amides is 1. The molecule has 1 N–H and O–H groups in total. The van der Waals surface area contributed by atoms with Crippen LogP contribution in [0.5, 0.6) is 0 Å². The molecule has 8 heteroatoms. The van der Waals surface area contributed by atoms with E-state index in [9.17, 15) is 9.59 Å². The molecule has 1 atom stereocenters. The van der Waals surface area contributed by atoms with Gasteiger partial charge in [0.05, 0.1) is 17.4 Å². The first-order valence-electron chi connectivity index (χ1n) is 8.05. The van der Waals surface area contributed by atoms with Crippen molar-refractivity contribution in [3.63, 3.8) is 0 Å². The van der Waals surface area contributed by atoms with Crippen LogP contribution in [0.4, 0.5) is 0 Å². The first-order chi connectivity index (χ1) is 12.7. The Balaban J connectivity index is 1.66. The Bertz CT molecular complexity index is 817. The van der Waals surface area contributed by atoms with Gasteiger partial charge in [0, 0.05) is 24.0 Å². The van der Waals surface area contributed by atoms with E-state index in [1.54, 1.807) is 42.7 Å². The van der Waals surface area contributed by atoms with Gasteiger partial charge in [0.2, 0.25) is 6.10 Å². The molecule has 1 aromatic carbocycles. The molecule has 1 saturated carbocycles. The van der Waals surface area contributed by atoms with Gasteiger partial charge in [0.1, 0.15) is 0 Å². The molecule has 1 amide bonds. The van der Waals surface area contributed by atoms with E-state index in [0.29, 0.717) is 16.3 Å². The van der Waals surface area contributed by atoms with Crippen LogP contribution in [0.3, 0.4) is 0 Å². The van der Waals surface area contributed by atoms with Crippen molar-refractivity contribution < 1.29 is 14.3 Å². The van der Waals surface area contributed by atoms with Crippen LogP contribution in [-0.2, 0) is 14.3 Å². The third kappa shape index (κ3) is 5.04. The second-order valence-electron chi connectivity index (χ2n) is 5.71. The van der Waals surface area contributed by atoms with Crippen LogP contribution in [0.2, 0.25) is 0 Å². The Kier molecular flexibility index (Phi) is 5.81. The lowest BCUT2D eigenvalue weighted by Crippen LogP contribution is -2.33. The van der Waals surface area contributed by atoms with E-state index >= 15 is 0 Å². The summed E-state index contributed by atoms with van der Waals surface area (Å²) in [6.07, 6.45) is 3.99. The fourth-order valence-electron chi connectivity index (χ4n) is 2.16. The molecule has 1 unspecified atom stereocenters. The number of carbonyl (C=O) groups is 2. The second kappa shape index (κ2) is 8.45. The van der Waals surface area contributed by atoms with Gasteiger partial charge in [-0.25, -0.2) is 9.97 Å². The zero-order valence-corrected chi connectivity index (χ0v) is 14.6. The maximum absolute atomic E-state index is 12.5. The predicted molar refractivity (Wildman–Crippen MR) is 93.9 cm³/mol. The van der Waals surface area contributed by atoms with E-state index in [-0.39, 0.29) is 17.7 Å². The van der Waals surface area contributed by atoms with Crippen molar-refractivity contribution in [1.82, 2.24) is 15.3 Å². The number of benzene rings is 1. The van der Waals surface area contributed by atoms with Crippen LogP contribution in [0.15, 0.2) is 47.9 Å². The Labute approximate surface area is 154 Å². The largest absolute Gasteiger partial charge is 0.447 e. The van der Waals surface area contributed by atoms with Gasteiger partial charge in [-0.15, -0.1) is 0 Å². The number of esters is 1. The van der Waals surface area contributed by atoms with Crippen LogP contribution in [0, 0.1) is 11.3 Å². The Morgan fingerprint density at radius 3 is 2.58 bits per heavy atom. The lowest BCUT2D eigenvalue weighted by atomic mass is 10.1. The summed E-state index contributed by atoms with van der Waals surface area (Å²) in [6, 6.07) is 10.3. The molecule has 2 aromatic rings. The van der Waals surface area contributed by atoms with Crippen LogP contribution in [0.25, 0.3) is 0 Å². The van der Waals surface area contributed by atoms with E-state index in [2.05, 4.69) is 15.3 Å². The van der Waals surface area contributed by atoms with E-state index in [0.717, 1.165) is 24.6 Å². The van der Waals surface area contributed by atoms with Crippen molar-refractivity contribution in [1.29, 1.82) is 5.26 Å². The van der Waals surface area contributed by atoms with E-state index in [1.165, 1.54) is 0 Å². The van der Waals surface area contributed by atoms with Crippen LogP contribution >= 0.6 is 11.8 Å². The smallest absolute Gasteiger partial charge is 0.317 e. The molecule has 0 saturated heterocycles. The molecule has 132 valence electrons. The minimum Gasteiger partial charge on any atom is -0.447 e. The van der Waals surface area contributed by atoms with Gasteiger partial charge < -0.3 is 10.1 Å². The summed E-state index contributed by atoms with van der Waals surface area (Å²) in [5, 5.41) is 12.2. The van der Waals surface area contributed by atoms with Crippen molar-refractivity contribution >= 4 is 23.6 Å². The molecule has 0 radical (unpaired) electrons. The second-order valence-corrected chi connectivity index (χ2v) is 6.65. The quantitative estimate of drug-likeness (QED) is 0.453. The summed E-state index contributed by atoms with van der Waals surface area (Å²) in [6.45, 7) is 0. The average Bonchev–Trinajstić information content (AvgIpc) is 3.49. The fourth-order valence-corrected chi connectivity index (χ4v) is 2.74. The van der Waals surface area contributed by atoms with E-state index < -0.39 is 12.1 Å². The van der Waals surface area contributed by atoms with E-state index in [4.69, 9.17) is 10.00 Å². The molecule has 26 heavy (non-hydrogen) atoms. The third-order valence-electron chi connectivity index (χ3n) is 3.61. The summed E-state index contributed by atoms with van der Waals surface area (Å²) in [5.41, 5.74) is 0.995. The molecular formula is C18H16N4O3S. The number of rotatable bonds is 7. The van der Waals surface area contributed by atoms with Crippen LogP contribution in [-0.4, -0.2) is 33.6 Å². The summed E-state index contributed by atoms with van der Waals surface area (Å²) in [7, 11) is 0. The summed E-state index contributed by atoms with van der Waals surface area (Å²) < 4.78 is 5.41. The number of nitriles is 1. The highest BCUT2D eigenvalue weighted by atomic mass is 32.2. The number of aromatic nitrogens is 2. The van der Waals surface area contributed by atoms with E-state index in [1.807, 2.05) is 6.07 Å². The zero-order chi connectivity index (χ0) is 18.4. The van der Waals surface area contributed by atoms with Gasteiger partial charge in [-0.2, -0.15) is 5.26 Å². The zero-order valence-electron chi connectivity index (χ0n) is 13.8. The first kappa shape index (κ1) is 17.9. The lowest BCUT2D eigenvalue weighted by Gasteiger charge is -2.18. The van der Waals surface area contributed by atoms with Gasteiger partial charge in [-0.3, -0.25) is 9.59 Å². The van der Waals surface area contributed by atoms with Gasteiger partial charge in [-0.1, -0.05) is 23.9 Å². The third-order valence-corrected chi connectivity index (χ3v) is 4.46. The van der Waals surface area contributed by atoms with Crippen molar-refractivity contribution in [2.45, 2.75) is 30.1 Å². The molecule has 7 nitrogen and oxygen atoms in total. The van der Waals surface area contributed by atoms with Crippen LogP contribution in [0.1, 0.15) is 30.1 Å². The number of nitrogens with one attached hydrogen (secondary N) is 1. The standard InChI is InChI=1S/C18H16N4O3S/c19-10-12-2-4-13(5-3-12)16(17(24)22-14-6-7-14)25-15(23)11-26-18-20-8-1-9-21-18/h1-5,8-9,14,16H,6-7,11H2,(H,22,24). The van der Waals surface area contributed by atoms with Gasteiger partial charge in [0.15, 0.2) is 5.16 Å². The van der Waals surface area contributed by atoms with Gasteiger partial charge >= 0.3 is 5.97 Å². The fraction of sp³-hybridized carbons (Fsp3) is 0.278. The summed E-state index contributed by atoms with van der Waals surface area (Å²) >= 11 is 1.14. The molecule has 3 rings (SSSR count). The SMILES string of the molecule is N#Cc1ccc(C(OC(=O)CSc2ncccn2)C(=O)NC2CC2)cc1. The van der Waals surface area contributed by atoms with Crippen molar-refractivity contribution in [2.75, 3.05) is 5.75 Å². The summed E-state index contributed by atoms with van der Waals surface area (Å²) in [4.78, 5) is 32.7. The average molecular weight is 368 g/mol.